The van der Waals surface area contributed by atoms with Crippen molar-refractivity contribution in [3.05, 3.63) is 106 Å². The number of amides is 1. The van der Waals surface area contributed by atoms with Gasteiger partial charge in [0.1, 0.15) is 18.2 Å². The third-order valence-electron chi connectivity index (χ3n) is 5.90. The van der Waals surface area contributed by atoms with Gasteiger partial charge in [0.05, 0.1) is 18.5 Å². The second-order valence-corrected chi connectivity index (χ2v) is 8.68. The van der Waals surface area contributed by atoms with Crippen LogP contribution in [0.1, 0.15) is 46.9 Å². The fraction of sp³-hybridized carbons (Fsp3) is 0.222. The van der Waals surface area contributed by atoms with Gasteiger partial charge in [0, 0.05) is 5.02 Å². The smallest absolute Gasteiger partial charge is 0.306 e. The Morgan fingerprint density at radius 3 is 2.41 bits per heavy atom. The Morgan fingerprint density at radius 2 is 1.79 bits per heavy atom. The van der Waals surface area contributed by atoms with Crippen molar-refractivity contribution < 1.29 is 19.4 Å². The van der Waals surface area contributed by atoms with E-state index in [0.717, 1.165) is 11.1 Å². The lowest BCUT2D eigenvalue weighted by Gasteiger charge is -2.46. The number of carboxylic acids is 1. The van der Waals surface area contributed by atoms with Gasteiger partial charge < -0.3 is 14.7 Å². The molecule has 1 fully saturated rings. The molecule has 1 N–H and O–H groups in total. The molecule has 4 atom stereocenters. The Labute approximate surface area is 203 Å². The number of aliphatic carboxylic acids is 1. The first-order valence-corrected chi connectivity index (χ1v) is 11.2. The number of halogens is 1. The highest BCUT2D eigenvalue weighted by atomic mass is 35.5. The fourth-order valence-electron chi connectivity index (χ4n) is 4.32. The van der Waals surface area contributed by atoms with Gasteiger partial charge in [-0.3, -0.25) is 9.59 Å². The lowest BCUT2D eigenvalue weighted by molar-refractivity contribution is -0.181. The summed E-state index contributed by atoms with van der Waals surface area (Å²) in [7, 11) is 0. The Balaban J connectivity index is 1.92. The average molecular weight is 475 g/mol. The first-order chi connectivity index (χ1) is 16.4. The van der Waals surface area contributed by atoms with Crippen molar-refractivity contribution in [1.82, 2.24) is 4.90 Å². The van der Waals surface area contributed by atoms with Crippen molar-refractivity contribution in [2.24, 2.45) is 0 Å². The number of benzene rings is 3. The maximum Gasteiger partial charge on any atom is 0.306 e. The van der Waals surface area contributed by atoms with E-state index >= 15 is 0 Å². The second kappa shape index (κ2) is 10.1. The standard InChI is InChI=1S/C27H23ClN2O4/c1-17-10-12-19(13-11-17)25-26(20-8-5-9-21(28)14-20)34-23(15-24(31)32)27(33)30(25)22(16-29)18-6-3-2-4-7-18/h2-14,22-23,25-26H,15H2,1H3,(H,31,32). The number of hydrogen-bond donors (Lipinski definition) is 1. The van der Waals surface area contributed by atoms with E-state index in [0.29, 0.717) is 16.1 Å². The van der Waals surface area contributed by atoms with Crippen LogP contribution in [0.5, 0.6) is 0 Å². The third-order valence-corrected chi connectivity index (χ3v) is 6.13. The van der Waals surface area contributed by atoms with Gasteiger partial charge in [0.15, 0.2) is 0 Å². The van der Waals surface area contributed by atoms with Crippen LogP contribution >= 0.6 is 11.6 Å². The van der Waals surface area contributed by atoms with E-state index in [1.54, 1.807) is 42.5 Å². The van der Waals surface area contributed by atoms with Crippen molar-refractivity contribution in [2.45, 2.75) is 37.6 Å². The van der Waals surface area contributed by atoms with E-state index in [1.165, 1.54) is 4.90 Å². The molecule has 34 heavy (non-hydrogen) atoms. The molecule has 0 bridgehead atoms. The molecular weight excluding hydrogens is 452 g/mol. The predicted octanol–water partition coefficient (Wildman–Crippen LogP) is 5.40. The molecule has 1 amide bonds. The summed E-state index contributed by atoms with van der Waals surface area (Å²) in [6.45, 7) is 1.96. The van der Waals surface area contributed by atoms with Crippen LogP contribution in [0.15, 0.2) is 78.9 Å². The average Bonchev–Trinajstić information content (AvgIpc) is 2.83. The molecule has 6 nitrogen and oxygen atoms in total. The lowest BCUT2D eigenvalue weighted by Crippen LogP contribution is -2.52. The number of ether oxygens (including phenoxy) is 1. The van der Waals surface area contributed by atoms with Gasteiger partial charge in [-0.2, -0.15) is 5.26 Å². The van der Waals surface area contributed by atoms with Crippen molar-refractivity contribution in [1.29, 1.82) is 5.26 Å². The summed E-state index contributed by atoms with van der Waals surface area (Å²) in [5.74, 6) is -1.70. The number of nitriles is 1. The number of rotatable bonds is 6. The Hall–Kier alpha value is -3.66. The molecule has 7 heteroatoms. The van der Waals surface area contributed by atoms with Crippen LogP contribution in [-0.2, 0) is 14.3 Å². The molecule has 1 aliphatic heterocycles. The zero-order valence-electron chi connectivity index (χ0n) is 18.5. The third kappa shape index (κ3) is 4.81. The molecule has 1 saturated heterocycles. The maximum atomic E-state index is 13.7. The summed E-state index contributed by atoms with van der Waals surface area (Å²) in [5.41, 5.74) is 3.14. The van der Waals surface area contributed by atoms with E-state index < -0.39 is 42.6 Å². The van der Waals surface area contributed by atoms with Crippen molar-refractivity contribution in [3.63, 3.8) is 0 Å². The van der Waals surface area contributed by atoms with Crippen LogP contribution in [0, 0.1) is 18.3 Å². The van der Waals surface area contributed by atoms with Crippen molar-refractivity contribution in [2.75, 3.05) is 0 Å². The summed E-state index contributed by atoms with van der Waals surface area (Å²) in [6, 6.07) is 24.4. The van der Waals surface area contributed by atoms with Crippen LogP contribution in [0.25, 0.3) is 0 Å². The van der Waals surface area contributed by atoms with Crippen molar-refractivity contribution in [3.8, 4) is 6.07 Å². The van der Waals surface area contributed by atoms with Gasteiger partial charge >= 0.3 is 5.97 Å². The SMILES string of the molecule is Cc1ccc(C2C(c3cccc(Cl)c3)OC(CC(=O)O)C(=O)N2C(C#N)c2ccccc2)cc1. The van der Waals surface area contributed by atoms with Gasteiger partial charge in [-0.05, 0) is 35.7 Å². The number of aryl methyl sites for hydroxylation is 1. The number of morpholine rings is 1. The second-order valence-electron chi connectivity index (χ2n) is 8.24. The molecule has 3 aromatic carbocycles. The molecule has 1 aliphatic rings. The van der Waals surface area contributed by atoms with Gasteiger partial charge in [0.2, 0.25) is 0 Å². The lowest BCUT2D eigenvalue weighted by atomic mass is 9.88. The van der Waals surface area contributed by atoms with Crippen LogP contribution in [0.3, 0.4) is 0 Å². The zero-order valence-corrected chi connectivity index (χ0v) is 19.2. The molecule has 4 unspecified atom stereocenters. The number of hydrogen-bond acceptors (Lipinski definition) is 4. The molecule has 0 spiro atoms. The molecule has 0 aromatic heterocycles. The quantitative estimate of drug-likeness (QED) is 0.516. The first-order valence-electron chi connectivity index (χ1n) is 10.8. The van der Waals surface area contributed by atoms with Gasteiger partial charge in [0.25, 0.3) is 5.91 Å². The molecule has 0 aliphatic carbocycles. The number of nitrogens with zero attached hydrogens (tertiary/aromatic N) is 2. The van der Waals surface area contributed by atoms with Crippen LogP contribution in [0.2, 0.25) is 5.02 Å². The summed E-state index contributed by atoms with van der Waals surface area (Å²) in [4.78, 5) is 26.7. The normalized spacial score (nSPS) is 21.0. The van der Waals surface area contributed by atoms with E-state index in [1.807, 2.05) is 43.3 Å². The largest absolute Gasteiger partial charge is 0.481 e. The summed E-state index contributed by atoms with van der Waals surface area (Å²) in [6.07, 6.45) is -2.49. The topological polar surface area (TPSA) is 90.6 Å². The molecule has 1 heterocycles. The van der Waals surface area contributed by atoms with Crippen LogP contribution < -0.4 is 0 Å². The highest BCUT2D eigenvalue weighted by molar-refractivity contribution is 6.30. The predicted molar refractivity (Wildman–Crippen MR) is 127 cm³/mol. The summed E-state index contributed by atoms with van der Waals surface area (Å²) < 4.78 is 6.17. The zero-order chi connectivity index (χ0) is 24.2. The van der Waals surface area contributed by atoms with Crippen molar-refractivity contribution >= 4 is 23.5 Å². The minimum atomic E-state index is -1.25. The first kappa shape index (κ1) is 23.5. The van der Waals surface area contributed by atoms with Gasteiger partial charge in [-0.25, -0.2) is 0 Å². The van der Waals surface area contributed by atoms with E-state index in [4.69, 9.17) is 16.3 Å². The maximum absolute atomic E-state index is 13.7. The van der Waals surface area contributed by atoms with Gasteiger partial charge in [-0.1, -0.05) is 83.9 Å². The van der Waals surface area contributed by atoms with Crippen LogP contribution in [-0.4, -0.2) is 28.0 Å². The fourth-order valence-corrected chi connectivity index (χ4v) is 4.52. The molecule has 3 aromatic rings. The Bertz CT molecular complexity index is 1220. The Kier molecular flexibility index (Phi) is 6.97. The molecule has 0 saturated carbocycles. The van der Waals surface area contributed by atoms with Gasteiger partial charge in [-0.15, -0.1) is 0 Å². The monoisotopic (exact) mass is 474 g/mol. The molecule has 172 valence electrons. The Morgan fingerprint density at radius 1 is 1.09 bits per heavy atom. The van der Waals surface area contributed by atoms with E-state index in [9.17, 15) is 20.0 Å². The minimum Gasteiger partial charge on any atom is -0.481 e. The minimum absolute atomic E-state index is 0.488. The number of carbonyl (C=O) groups is 2. The molecule has 4 rings (SSSR count). The summed E-state index contributed by atoms with van der Waals surface area (Å²) >= 11 is 6.27. The number of carbonyl (C=O) groups excluding carboxylic acids is 1. The summed E-state index contributed by atoms with van der Waals surface area (Å²) in [5, 5.41) is 20.2. The molecule has 0 radical (unpaired) electrons. The molecular formula is C27H23ClN2O4. The van der Waals surface area contributed by atoms with E-state index in [-0.39, 0.29) is 0 Å². The highest BCUT2D eigenvalue weighted by Crippen LogP contribution is 2.46. The van der Waals surface area contributed by atoms with Crippen LogP contribution in [0.4, 0.5) is 0 Å². The highest BCUT2D eigenvalue weighted by Gasteiger charge is 2.47. The van der Waals surface area contributed by atoms with E-state index in [2.05, 4.69) is 6.07 Å². The number of carboxylic acid groups (broad SMARTS) is 1.